The Labute approximate surface area is 122 Å². The molecule has 0 atom stereocenters. The first-order valence-electron chi connectivity index (χ1n) is 6.42. The van der Waals surface area contributed by atoms with E-state index in [9.17, 15) is 0 Å². The van der Waals surface area contributed by atoms with E-state index in [4.69, 9.17) is 4.74 Å². The number of hydrogen-bond donors (Lipinski definition) is 1. The topological polar surface area (TPSA) is 21.3 Å². The first-order valence-corrected chi connectivity index (χ1v) is 7.22. The van der Waals surface area contributed by atoms with Gasteiger partial charge >= 0.3 is 0 Å². The van der Waals surface area contributed by atoms with E-state index in [1.165, 1.54) is 11.1 Å². The highest BCUT2D eigenvalue weighted by Crippen LogP contribution is 2.26. The number of nitrogens with one attached hydrogen (secondary N) is 1. The molecule has 0 saturated heterocycles. The van der Waals surface area contributed by atoms with Gasteiger partial charge < -0.3 is 10.1 Å². The van der Waals surface area contributed by atoms with Crippen LogP contribution in [0.5, 0.6) is 11.5 Å². The fraction of sp³-hybridized carbons (Fsp3) is 0.250. The predicted octanol–water partition coefficient (Wildman–Crippen LogP) is 4.66. The summed E-state index contributed by atoms with van der Waals surface area (Å²) in [6.07, 6.45) is 0. The van der Waals surface area contributed by atoms with E-state index in [1.807, 2.05) is 30.3 Å². The van der Waals surface area contributed by atoms with Crippen LogP contribution in [0.15, 0.2) is 46.9 Å². The minimum Gasteiger partial charge on any atom is -0.457 e. The molecule has 0 saturated carbocycles. The SMILES string of the molecule is CCNCc1cccc(Oc2ccc(Br)c(C)c2)c1. The quantitative estimate of drug-likeness (QED) is 0.865. The molecule has 0 spiro atoms. The summed E-state index contributed by atoms with van der Waals surface area (Å²) >= 11 is 3.49. The Morgan fingerprint density at radius 3 is 2.63 bits per heavy atom. The van der Waals surface area contributed by atoms with Crippen LogP contribution in [0.4, 0.5) is 0 Å². The molecule has 0 aromatic heterocycles. The van der Waals surface area contributed by atoms with Gasteiger partial charge in [-0.05, 0) is 54.9 Å². The second-order valence-corrected chi connectivity index (χ2v) is 5.30. The Balaban J connectivity index is 2.11. The lowest BCUT2D eigenvalue weighted by Crippen LogP contribution is -2.11. The van der Waals surface area contributed by atoms with Crippen LogP contribution in [0.3, 0.4) is 0 Å². The average Bonchev–Trinajstić information content (AvgIpc) is 2.41. The number of halogens is 1. The number of aryl methyl sites for hydroxylation is 1. The van der Waals surface area contributed by atoms with Gasteiger partial charge in [-0.1, -0.05) is 35.0 Å². The summed E-state index contributed by atoms with van der Waals surface area (Å²) in [7, 11) is 0. The van der Waals surface area contributed by atoms with Crippen molar-refractivity contribution in [2.75, 3.05) is 6.54 Å². The van der Waals surface area contributed by atoms with Crippen molar-refractivity contribution >= 4 is 15.9 Å². The number of hydrogen-bond acceptors (Lipinski definition) is 2. The molecule has 0 heterocycles. The van der Waals surface area contributed by atoms with E-state index in [2.05, 4.69) is 47.2 Å². The summed E-state index contributed by atoms with van der Waals surface area (Å²) in [4.78, 5) is 0. The molecule has 2 aromatic carbocycles. The van der Waals surface area contributed by atoms with Crippen molar-refractivity contribution in [3.8, 4) is 11.5 Å². The van der Waals surface area contributed by atoms with Crippen molar-refractivity contribution in [1.82, 2.24) is 5.32 Å². The summed E-state index contributed by atoms with van der Waals surface area (Å²) in [5, 5.41) is 3.31. The summed E-state index contributed by atoms with van der Waals surface area (Å²) in [5.74, 6) is 1.73. The molecular formula is C16H18BrNO. The zero-order valence-corrected chi connectivity index (χ0v) is 12.8. The Kier molecular flexibility index (Phi) is 5.00. The van der Waals surface area contributed by atoms with Crippen molar-refractivity contribution in [3.05, 3.63) is 58.1 Å². The predicted molar refractivity (Wildman–Crippen MR) is 82.8 cm³/mol. The molecular weight excluding hydrogens is 302 g/mol. The Hall–Kier alpha value is -1.32. The van der Waals surface area contributed by atoms with Crippen LogP contribution >= 0.6 is 15.9 Å². The fourth-order valence-corrected chi connectivity index (χ4v) is 2.05. The normalized spacial score (nSPS) is 10.5. The van der Waals surface area contributed by atoms with E-state index >= 15 is 0 Å². The van der Waals surface area contributed by atoms with Crippen molar-refractivity contribution in [3.63, 3.8) is 0 Å². The fourth-order valence-electron chi connectivity index (χ4n) is 1.81. The monoisotopic (exact) mass is 319 g/mol. The van der Waals surface area contributed by atoms with Gasteiger partial charge in [-0.15, -0.1) is 0 Å². The number of ether oxygens (including phenoxy) is 1. The van der Waals surface area contributed by atoms with Gasteiger partial charge in [-0.2, -0.15) is 0 Å². The van der Waals surface area contributed by atoms with Crippen molar-refractivity contribution < 1.29 is 4.74 Å². The van der Waals surface area contributed by atoms with Crippen LogP contribution in [-0.2, 0) is 6.54 Å². The van der Waals surface area contributed by atoms with Gasteiger partial charge in [0.05, 0.1) is 0 Å². The zero-order valence-electron chi connectivity index (χ0n) is 11.2. The Morgan fingerprint density at radius 2 is 1.89 bits per heavy atom. The maximum atomic E-state index is 5.89. The van der Waals surface area contributed by atoms with Crippen molar-refractivity contribution in [2.45, 2.75) is 20.4 Å². The maximum absolute atomic E-state index is 5.89. The molecule has 0 radical (unpaired) electrons. The summed E-state index contributed by atoms with van der Waals surface area (Å²) < 4.78 is 6.98. The zero-order chi connectivity index (χ0) is 13.7. The van der Waals surface area contributed by atoms with Gasteiger partial charge in [0, 0.05) is 11.0 Å². The Bertz CT molecular complexity index is 554. The molecule has 0 amide bonds. The molecule has 100 valence electrons. The van der Waals surface area contributed by atoms with Gasteiger partial charge in [0.15, 0.2) is 0 Å². The van der Waals surface area contributed by atoms with Crippen LogP contribution in [-0.4, -0.2) is 6.54 Å². The van der Waals surface area contributed by atoms with Gasteiger partial charge in [-0.3, -0.25) is 0 Å². The molecule has 19 heavy (non-hydrogen) atoms. The molecule has 3 heteroatoms. The van der Waals surface area contributed by atoms with Gasteiger partial charge in [-0.25, -0.2) is 0 Å². The number of benzene rings is 2. The minimum absolute atomic E-state index is 0.862. The maximum Gasteiger partial charge on any atom is 0.127 e. The van der Waals surface area contributed by atoms with Crippen LogP contribution < -0.4 is 10.1 Å². The van der Waals surface area contributed by atoms with Gasteiger partial charge in [0.25, 0.3) is 0 Å². The van der Waals surface area contributed by atoms with Crippen LogP contribution in [0.1, 0.15) is 18.1 Å². The van der Waals surface area contributed by atoms with E-state index in [1.54, 1.807) is 0 Å². The lowest BCUT2D eigenvalue weighted by atomic mass is 10.2. The third kappa shape index (κ3) is 4.08. The highest BCUT2D eigenvalue weighted by molar-refractivity contribution is 9.10. The smallest absolute Gasteiger partial charge is 0.127 e. The molecule has 0 bridgehead atoms. The first-order chi connectivity index (χ1) is 9.19. The molecule has 0 unspecified atom stereocenters. The highest BCUT2D eigenvalue weighted by Gasteiger charge is 2.01. The minimum atomic E-state index is 0.862. The molecule has 2 rings (SSSR count). The van der Waals surface area contributed by atoms with Crippen molar-refractivity contribution in [2.24, 2.45) is 0 Å². The van der Waals surface area contributed by atoms with E-state index in [-0.39, 0.29) is 0 Å². The molecule has 0 fully saturated rings. The lowest BCUT2D eigenvalue weighted by molar-refractivity contribution is 0.481. The number of rotatable bonds is 5. The van der Waals surface area contributed by atoms with Gasteiger partial charge in [0.1, 0.15) is 11.5 Å². The third-order valence-electron chi connectivity index (χ3n) is 2.84. The van der Waals surface area contributed by atoms with E-state index in [0.717, 1.165) is 29.1 Å². The van der Waals surface area contributed by atoms with Gasteiger partial charge in [0.2, 0.25) is 0 Å². The first kappa shape index (κ1) is 14.1. The summed E-state index contributed by atoms with van der Waals surface area (Å²) in [6, 6.07) is 14.2. The van der Waals surface area contributed by atoms with Crippen LogP contribution in [0.25, 0.3) is 0 Å². The highest BCUT2D eigenvalue weighted by atomic mass is 79.9. The van der Waals surface area contributed by atoms with Crippen molar-refractivity contribution in [1.29, 1.82) is 0 Å². The second-order valence-electron chi connectivity index (χ2n) is 4.44. The molecule has 0 aliphatic rings. The van der Waals surface area contributed by atoms with Crippen LogP contribution in [0, 0.1) is 6.92 Å². The molecule has 1 N–H and O–H groups in total. The molecule has 0 aliphatic carbocycles. The molecule has 2 nitrogen and oxygen atoms in total. The summed E-state index contributed by atoms with van der Waals surface area (Å²) in [5.41, 5.74) is 2.40. The standard InChI is InChI=1S/C16H18BrNO/c1-3-18-11-13-5-4-6-14(10-13)19-15-7-8-16(17)12(2)9-15/h4-10,18H,3,11H2,1-2H3. The summed E-state index contributed by atoms with van der Waals surface area (Å²) in [6.45, 7) is 5.99. The lowest BCUT2D eigenvalue weighted by Gasteiger charge is -2.09. The van der Waals surface area contributed by atoms with E-state index < -0.39 is 0 Å². The van der Waals surface area contributed by atoms with Crippen LogP contribution in [0.2, 0.25) is 0 Å². The van der Waals surface area contributed by atoms with E-state index in [0.29, 0.717) is 0 Å². The Morgan fingerprint density at radius 1 is 1.11 bits per heavy atom. The third-order valence-corrected chi connectivity index (χ3v) is 3.73. The second kappa shape index (κ2) is 6.73. The average molecular weight is 320 g/mol. The molecule has 0 aliphatic heterocycles. The largest absolute Gasteiger partial charge is 0.457 e. The molecule has 2 aromatic rings.